The van der Waals surface area contributed by atoms with Crippen LogP contribution in [-0.4, -0.2) is 33.8 Å². The quantitative estimate of drug-likeness (QED) is 0.608. The molecule has 0 aliphatic heterocycles. The Morgan fingerprint density at radius 3 is 2.76 bits per heavy atom. The zero-order valence-electron chi connectivity index (χ0n) is 17.5. The van der Waals surface area contributed by atoms with Gasteiger partial charge in [-0.2, -0.15) is 5.10 Å². The number of aryl methyl sites for hydroxylation is 2. The van der Waals surface area contributed by atoms with Crippen LogP contribution in [0.1, 0.15) is 65.8 Å². The summed E-state index contributed by atoms with van der Waals surface area (Å²) in [5.41, 5.74) is 4.74. The van der Waals surface area contributed by atoms with Crippen LogP contribution in [0.3, 0.4) is 0 Å². The van der Waals surface area contributed by atoms with Gasteiger partial charge in [-0.05, 0) is 58.2 Å². The third kappa shape index (κ3) is 4.11. The molecule has 29 heavy (non-hydrogen) atoms. The standard InChI is InChI=1S/C23H28N4O2/c1-14(2)27-22-19(13-25-27)18(12-20(26-22)17-6-7-17)23(28)24-9-10-29-21-8-5-15(3)11-16(21)4/h5,8,11-14,17H,6-7,9-10H2,1-4H3,(H,24,28). The second-order valence-electron chi connectivity index (χ2n) is 8.16. The average molecular weight is 393 g/mol. The van der Waals surface area contributed by atoms with Gasteiger partial charge in [0.2, 0.25) is 0 Å². The molecule has 0 radical (unpaired) electrons. The Morgan fingerprint density at radius 1 is 1.28 bits per heavy atom. The highest BCUT2D eigenvalue weighted by molar-refractivity contribution is 6.05. The van der Waals surface area contributed by atoms with Gasteiger partial charge in [0.1, 0.15) is 12.4 Å². The molecular weight excluding hydrogens is 364 g/mol. The predicted molar refractivity (Wildman–Crippen MR) is 114 cm³/mol. The van der Waals surface area contributed by atoms with Crippen LogP contribution >= 0.6 is 0 Å². The Balaban J connectivity index is 1.48. The summed E-state index contributed by atoms with van der Waals surface area (Å²) in [5.74, 6) is 1.21. The highest BCUT2D eigenvalue weighted by Crippen LogP contribution is 2.40. The molecular formula is C23H28N4O2. The van der Waals surface area contributed by atoms with Crippen molar-refractivity contribution >= 4 is 16.9 Å². The fourth-order valence-corrected chi connectivity index (χ4v) is 3.57. The molecule has 0 bridgehead atoms. The smallest absolute Gasteiger partial charge is 0.252 e. The number of carbonyl (C=O) groups excluding carboxylic acids is 1. The van der Waals surface area contributed by atoms with Crippen LogP contribution in [0.5, 0.6) is 5.75 Å². The van der Waals surface area contributed by atoms with E-state index in [9.17, 15) is 4.79 Å². The number of nitrogens with zero attached hydrogens (tertiary/aromatic N) is 3. The molecule has 152 valence electrons. The molecule has 4 rings (SSSR count). The van der Waals surface area contributed by atoms with Gasteiger partial charge in [0, 0.05) is 17.7 Å². The molecule has 1 aliphatic carbocycles. The Hall–Kier alpha value is -2.89. The molecule has 3 aromatic rings. The van der Waals surface area contributed by atoms with Crippen molar-refractivity contribution in [3.63, 3.8) is 0 Å². The molecule has 1 fully saturated rings. The maximum atomic E-state index is 12.9. The molecule has 2 aromatic heterocycles. The summed E-state index contributed by atoms with van der Waals surface area (Å²) < 4.78 is 7.72. The lowest BCUT2D eigenvalue weighted by Gasteiger charge is -2.12. The van der Waals surface area contributed by atoms with Gasteiger partial charge in [0.05, 0.1) is 23.7 Å². The monoisotopic (exact) mass is 392 g/mol. The Kier molecular flexibility index (Phi) is 5.26. The number of aromatic nitrogens is 3. The fraction of sp³-hybridized carbons (Fsp3) is 0.435. The fourth-order valence-electron chi connectivity index (χ4n) is 3.57. The lowest BCUT2D eigenvalue weighted by atomic mass is 10.1. The third-order valence-electron chi connectivity index (χ3n) is 5.29. The highest BCUT2D eigenvalue weighted by Gasteiger charge is 2.28. The van der Waals surface area contributed by atoms with E-state index in [-0.39, 0.29) is 11.9 Å². The van der Waals surface area contributed by atoms with Gasteiger partial charge >= 0.3 is 0 Å². The van der Waals surface area contributed by atoms with Gasteiger partial charge in [-0.1, -0.05) is 17.7 Å². The molecule has 1 amide bonds. The first kappa shape index (κ1) is 19.4. The zero-order valence-corrected chi connectivity index (χ0v) is 17.5. The van der Waals surface area contributed by atoms with Gasteiger partial charge in [-0.3, -0.25) is 4.79 Å². The molecule has 1 saturated carbocycles. The summed E-state index contributed by atoms with van der Waals surface area (Å²) in [5, 5.41) is 8.25. The number of carbonyl (C=O) groups is 1. The van der Waals surface area contributed by atoms with Crippen LogP contribution in [0.15, 0.2) is 30.5 Å². The normalized spacial score (nSPS) is 13.8. The number of hydrogen-bond acceptors (Lipinski definition) is 4. The molecule has 1 aliphatic rings. The number of ether oxygens (including phenoxy) is 1. The van der Waals surface area contributed by atoms with E-state index in [4.69, 9.17) is 9.72 Å². The van der Waals surface area contributed by atoms with Crippen molar-refractivity contribution in [3.05, 3.63) is 52.8 Å². The number of benzene rings is 1. The average Bonchev–Trinajstić information content (AvgIpc) is 3.44. The topological polar surface area (TPSA) is 69.0 Å². The van der Waals surface area contributed by atoms with Gasteiger partial charge < -0.3 is 10.1 Å². The minimum Gasteiger partial charge on any atom is -0.491 e. The molecule has 6 nitrogen and oxygen atoms in total. The van der Waals surface area contributed by atoms with E-state index in [0.717, 1.165) is 40.9 Å². The van der Waals surface area contributed by atoms with Crippen LogP contribution in [0.4, 0.5) is 0 Å². The zero-order chi connectivity index (χ0) is 20.5. The Bertz CT molecular complexity index is 1050. The summed E-state index contributed by atoms with van der Waals surface area (Å²) in [7, 11) is 0. The van der Waals surface area contributed by atoms with Crippen LogP contribution in [0, 0.1) is 13.8 Å². The van der Waals surface area contributed by atoms with E-state index < -0.39 is 0 Å². The minimum atomic E-state index is -0.105. The number of nitrogens with one attached hydrogen (secondary N) is 1. The second-order valence-corrected chi connectivity index (χ2v) is 8.16. The van der Waals surface area contributed by atoms with Crippen molar-refractivity contribution in [3.8, 4) is 5.75 Å². The lowest BCUT2D eigenvalue weighted by molar-refractivity contribution is 0.0948. The number of hydrogen-bond donors (Lipinski definition) is 1. The van der Waals surface area contributed by atoms with Crippen LogP contribution in [-0.2, 0) is 0 Å². The number of pyridine rings is 1. The molecule has 0 atom stereocenters. The van der Waals surface area contributed by atoms with Crippen molar-refractivity contribution in [2.45, 2.75) is 52.5 Å². The van der Waals surface area contributed by atoms with Crippen molar-refractivity contribution < 1.29 is 9.53 Å². The molecule has 1 aromatic carbocycles. The predicted octanol–water partition coefficient (Wildman–Crippen LogP) is 4.32. The number of fused-ring (bicyclic) bond motifs is 1. The van der Waals surface area contributed by atoms with Crippen LogP contribution in [0.2, 0.25) is 0 Å². The van der Waals surface area contributed by atoms with Crippen molar-refractivity contribution in [1.82, 2.24) is 20.1 Å². The molecule has 0 spiro atoms. The number of amides is 1. The first-order chi connectivity index (χ1) is 13.9. The molecule has 0 unspecified atom stereocenters. The first-order valence-electron chi connectivity index (χ1n) is 10.3. The highest BCUT2D eigenvalue weighted by atomic mass is 16.5. The molecule has 2 heterocycles. The molecule has 0 saturated heterocycles. The Morgan fingerprint density at radius 2 is 2.07 bits per heavy atom. The van der Waals surface area contributed by atoms with Crippen molar-refractivity contribution in [1.29, 1.82) is 0 Å². The van der Waals surface area contributed by atoms with Gasteiger partial charge in [0.15, 0.2) is 5.65 Å². The summed E-state index contributed by atoms with van der Waals surface area (Å²) in [6.07, 6.45) is 4.03. The van der Waals surface area contributed by atoms with Gasteiger partial charge in [-0.25, -0.2) is 9.67 Å². The Labute approximate surface area is 171 Å². The lowest BCUT2D eigenvalue weighted by Crippen LogP contribution is -2.28. The van der Waals surface area contributed by atoms with Crippen molar-refractivity contribution in [2.75, 3.05) is 13.2 Å². The minimum absolute atomic E-state index is 0.105. The van der Waals surface area contributed by atoms with E-state index in [1.54, 1.807) is 6.20 Å². The third-order valence-corrected chi connectivity index (χ3v) is 5.29. The van der Waals surface area contributed by atoms with E-state index in [1.165, 1.54) is 5.56 Å². The summed E-state index contributed by atoms with van der Waals surface area (Å²) in [6.45, 7) is 9.09. The molecule has 1 N–H and O–H groups in total. The van der Waals surface area contributed by atoms with Crippen molar-refractivity contribution in [2.24, 2.45) is 0 Å². The van der Waals surface area contributed by atoms with E-state index in [1.807, 2.05) is 29.8 Å². The SMILES string of the molecule is Cc1ccc(OCCNC(=O)c2cc(C3CC3)nc3c2cnn3C(C)C)c(C)c1. The van der Waals surface area contributed by atoms with Gasteiger partial charge in [0.25, 0.3) is 5.91 Å². The first-order valence-corrected chi connectivity index (χ1v) is 10.3. The van der Waals surface area contributed by atoms with E-state index in [2.05, 4.69) is 37.3 Å². The van der Waals surface area contributed by atoms with E-state index >= 15 is 0 Å². The summed E-state index contributed by atoms with van der Waals surface area (Å²) >= 11 is 0. The maximum absolute atomic E-state index is 12.9. The van der Waals surface area contributed by atoms with Crippen LogP contribution < -0.4 is 10.1 Å². The summed E-state index contributed by atoms with van der Waals surface area (Å²) in [4.78, 5) is 17.7. The van der Waals surface area contributed by atoms with E-state index in [0.29, 0.717) is 24.6 Å². The summed E-state index contributed by atoms with van der Waals surface area (Å²) in [6, 6.07) is 8.22. The van der Waals surface area contributed by atoms with Crippen LogP contribution in [0.25, 0.3) is 11.0 Å². The van der Waals surface area contributed by atoms with Gasteiger partial charge in [-0.15, -0.1) is 0 Å². The second kappa shape index (κ2) is 7.85. The molecule has 6 heteroatoms. The maximum Gasteiger partial charge on any atom is 0.252 e. The largest absolute Gasteiger partial charge is 0.491 e. The number of rotatable bonds is 7.